The highest BCUT2D eigenvalue weighted by atomic mass is 32.1. The zero-order valence-electron chi connectivity index (χ0n) is 42.7. The average molecular weight is 1030 g/mol. The lowest BCUT2D eigenvalue weighted by Crippen LogP contribution is -2.54. The van der Waals surface area contributed by atoms with Gasteiger partial charge in [0.05, 0.1) is 45.3 Å². The summed E-state index contributed by atoms with van der Waals surface area (Å²) >= 11 is 1.60. The van der Waals surface area contributed by atoms with Crippen LogP contribution in [-0.2, 0) is 16.0 Å². The van der Waals surface area contributed by atoms with Gasteiger partial charge in [0.25, 0.3) is 0 Å². The fourth-order valence-electron chi connectivity index (χ4n) is 11.3. The molecule has 2 unspecified atom stereocenters. The third-order valence-electron chi connectivity index (χ3n) is 15.3. The van der Waals surface area contributed by atoms with Crippen molar-refractivity contribution in [3.63, 3.8) is 0 Å². The third-order valence-corrected chi connectivity index (χ3v) is 16.3. The Balaban J connectivity index is 0.655. The molecule has 2 aromatic carbocycles. The van der Waals surface area contributed by atoms with Crippen molar-refractivity contribution in [1.29, 1.82) is 0 Å². The van der Waals surface area contributed by atoms with E-state index < -0.39 is 18.1 Å². The third kappa shape index (κ3) is 11.2. The van der Waals surface area contributed by atoms with Crippen LogP contribution >= 0.6 is 11.3 Å². The van der Waals surface area contributed by atoms with E-state index in [9.17, 15) is 19.8 Å². The number of nitrogens with one attached hydrogen (secondary N) is 1. The number of pyridine rings is 1. The Morgan fingerprint density at radius 3 is 2.38 bits per heavy atom. The lowest BCUT2D eigenvalue weighted by molar-refractivity contribution is -0.141. The van der Waals surface area contributed by atoms with Crippen molar-refractivity contribution in [3.8, 4) is 33.3 Å². The quantitative estimate of drug-likeness (QED) is 0.0742. The number of hydrogen-bond donors (Lipinski definition) is 4. The first-order chi connectivity index (χ1) is 35.9. The molecule has 2 bridgehead atoms. The topological polar surface area (TPSA) is 216 Å². The van der Waals surface area contributed by atoms with Crippen molar-refractivity contribution in [3.05, 3.63) is 107 Å². The number of piperazine rings is 2. The number of para-hydroxylation sites is 1. The minimum absolute atomic E-state index is 0.0831. The van der Waals surface area contributed by atoms with Gasteiger partial charge in [0.15, 0.2) is 5.82 Å². The standard InChI is InChI=1S/C55H68N12O6S/c1-34(2)51(55(71)66-32-43(68)28-47(66)54(70)59-35(3)37-11-13-38(14-12-37)52-36(4)58-33-74-52)49-26-39(62-73-49)8-7-19-63-20-22-64(23-21-63)24-25-72-50-27-40(17-18-57-50)67-41-15-16-42(67)31-65(30-41)46-29-45(60-61-53(46)56)44-9-5-6-10-48(44)69/h5-6,9-14,17-18,26-27,29,33-35,41-43,47,51,68-69H,7-8,15-16,19-25,28,30-32H2,1-4H3,(H2,56,61)(H,59,70)/t35-,41?,42?,43+,47-,51+/m0/s1. The van der Waals surface area contributed by atoms with Crippen molar-refractivity contribution >= 4 is 40.3 Å². The van der Waals surface area contributed by atoms with E-state index in [1.807, 2.05) is 87.9 Å². The highest BCUT2D eigenvalue weighted by molar-refractivity contribution is 7.13. The monoisotopic (exact) mass is 1020 g/mol. The number of aromatic nitrogens is 5. The Morgan fingerprint density at radius 2 is 1.66 bits per heavy atom. The number of ether oxygens (including phenoxy) is 1. The Kier molecular flexibility index (Phi) is 15.4. The van der Waals surface area contributed by atoms with Crippen molar-refractivity contribution in [1.82, 2.24) is 45.3 Å². The molecule has 0 radical (unpaired) electrons. The zero-order valence-corrected chi connectivity index (χ0v) is 43.5. The molecule has 10 rings (SSSR count). The van der Waals surface area contributed by atoms with Gasteiger partial charge in [-0.3, -0.25) is 14.5 Å². The minimum Gasteiger partial charge on any atom is -0.507 e. The van der Waals surface area contributed by atoms with Crippen LogP contribution < -0.4 is 25.6 Å². The number of phenolic OH excluding ortho intramolecular Hbond substituents is 1. The van der Waals surface area contributed by atoms with Crippen molar-refractivity contribution < 1.29 is 29.1 Å². The van der Waals surface area contributed by atoms with E-state index in [4.69, 9.17) is 15.0 Å². The molecule has 0 aliphatic carbocycles. The number of carbonyl (C=O) groups excluding carboxylic acids is 2. The van der Waals surface area contributed by atoms with Gasteiger partial charge in [-0.25, -0.2) is 9.97 Å². The molecule has 5 N–H and O–H groups in total. The van der Waals surface area contributed by atoms with E-state index in [0.717, 1.165) is 110 Å². The van der Waals surface area contributed by atoms with Gasteiger partial charge in [-0.15, -0.1) is 21.5 Å². The van der Waals surface area contributed by atoms with Crippen LogP contribution in [0.4, 0.5) is 17.2 Å². The number of likely N-dealkylation sites (tertiary alicyclic amines) is 1. The number of nitrogen functional groups attached to an aromatic ring is 1. The molecule has 0 spiro atoms. The van der Waals surface area contributed by atoms with Crippen LogP contribution in [0.5, 0.6) is 11.6 Å². The number of phenols is 1. The number of aliphatic hydroxyl groups is 1. The van der Waals surface area contributed by atoms with Crippen molar-refractivity contribution in [2.24, 2.45) is 5.92 Å². The Labute approximate surface area is 436 Å². The van der Waals surface area contributed by atoms with Crippen LogP contribution in [0.3, 0.4) is 0 Å². The highest BCUT2D eigenvalue weighted by Gasteiger charge is 2.44. The van der Waals surface area contributed by atoms with Gasteiger partial charge in [-0.1, -0.05) is 55.4 Å². The molecule has 4 saturated heterocycles. The minimum atomic E-state index is -0.802. The number of benzene rings is 2. The molecule has 19 heteroatoms. The summed E-state index contributed by atoms with van der Waals surface area (Å²) in [6, 6.07) is 22.7. The molecule has 8 heterocycles. The lowest BCUT2D eigenvalue weighted by Gasteiger charge is -2.43. The molecular weight excluding hydrogens is 957 g/mol. The smallest absolute Gasteiger partial charge is 0.243 e. The van der Waals surface area contributed by atoms with Gasteiger partial charge >= 0.3 is 0 Å². The number of anilines is 3. The molecule has 4 fully saturated rings. The predicted molar refractivity (Wildman–Crippen MR) is 285 cm³/mol. The van der Waals surface area contributed by atoms with E-state index in [2.05, 4.69) is 62.4 Å². The van der Waals surface area contributed by atoms with E-state index in [1.54, 1.807) is 23.5 Å². The van der Waals surface area contributed by atoms with Crippen LogP contribution in [0, 0.1) is 12.8 Å². The van der Waals surface area contributed by atoms with Crippen LogP contribution in [-0.4, -0.2) is 152 Å². The molecule has 6 atom stereocenters. The van der Waals surface area contributed by atoms with Crippen molar-refractivity contribution in [2.75, 3.05) is 81.0 Å². The molecule has 4 aliphatic heterocycles. The molecule has 18 nitrogen and oxygen atoms in total. The second kappa shape index (κ2) is 22.4. The van der Waals surface area contributed by atoms with E-state index >= 15 is 0 Å². The van der Waals surface area contributed by atoms with E-state index in [-0.39, 0.29) is 42.5 Å². The highest BCUT2D eigenvalue weighted by Crippen LogP contribution is 2.40. The second-order valence-electron chi connectivity index (χ2n) is 20.7. The SMILES string of the molecule is Cc1ncsc1-c1ccc([C@H](C)NC(=O)[C@@H]2C[C@@H](O)CN2C(=O)[C@@H](c2cc(CCCN3CCN(CCOc4cc(N5C6CCC5CN(c5cc(-c7ccccc7O)nnc5N)C6)ccn4)CC3)no2)C(C)C)cc1. The number of β-amino-alcohol motifs (C(OH)–C–C–N with tert-alkyl or cyclic N) is 1. The second-order valence-corrected chi connectivity index (χ2v) is 21.5. The van der Waals surface area contributed by atoms with Gasteiger partial charge in [0.1, 0.15) is 30.1 Å². The first-order valence-electron chi connectivity index (χ1n) is 26.1. The van der Waals surface area contributed by atoms with Gasteiger partial charge in [-0.05, 0) is 87.4 Å². The molecular formula is C55H68N12O6S. The number of aliphatic hydroxyl groups excluding tert-OH is 1. The number of nitrogens with two attached hydrogens (primary N) is 1. The first kappa shape index (κ1) is 50.8. The van der Waals surface area contributed by atoms with E-state index in [0.29, 0.717) is 53.8 Å². The summed E-state index contributed by atoms with van der Waals surface area (Å²) in [4.78, 5) is 49.3. The molecule has 74 heavy (non-hydrogen) atoms. The number of aromatic hydroxyl groups is 1. The van der Waals surface area contributed by atoms with Crippen LogP contribution in [0.25, 0.3) is 21.7 Å². The molecule has 0 saturated carbocycles. The molecule has 2 amide bonds. The maximum absolute atomic E-state index is 14.3. The number of fused-ring (bicyclic) bond motifs is 2. The Hall–Kier alpha value is -6.67. The van der Waals surface area contributed by atoms with Crippen LogP contribution in [0.2, 0.25) is 0 Å². The number of nitrogens with zero attached hydrogens (tertiary/aromatic N) is 10. The Bertz CT molecular complexity index is 2870. The fraction of sp³-hybridized carbons (Fsp3) is 0.473. The average Bonchev–Trinajstić information content (AvgIpc) is 4.20. The fourth-order valence-corrected chi connectivity index (χ4v) is 12.1. The number of carbonyl (C=O) groups is 2. The van der Waals surface area contributed by atoms with Gasteiger partial charge in [0.2, 0.25) is 17.7 Å². The summed E-state index contributed by atoms with van der Waals surface area (Å²) in [6.07, 6.45) is 4.97. The van der Waals surface area contributed by atoms with Crippen LogP contribution in [0.1, 0.15) is 81.1 Å². The summed E-state index contributed by atoms with van der Waals surface area (Å²) in [5, 5.41) is 37.2. The number of thiazole rings is 1. The van der Waals surface area contributed by atoms with Gasteiger partial charge < -0.3 is 50.1 Å². The number of amides is 2. The Morgan fingerprint density at radius 1 is 0.919 bits per heavy atom. The zero-order chi connectivity index (χ0) is 51.5. The molecule has 4 aliphatic rings. The van der Waals surface area contributed by atoms with Crippen LogP contribution in [0.15, 0.2) is 89.0 Å². The number of hydrogen-bond acceptors (Lipinski definition) is 17. The van der Waals surface area contributed by atoms with Crippen molar-refractivity contribution in [2.45, 2.75) is 96.0 Å². The van der Waals surface area contributed by atoms with Gasteiger partial charge in [0, 0.05) is 100 Å². The molecule has 390 valence electrons. The van der Waals surface area contributed by atoms with Gasteiger partial charge in [-0.2, -0.15) is 0 Å². The summed E-state index contributed by atoms with van der Waals surface area (Å²) in [6.45, 7) is 15.6. The molecule has 4 aromatic heterocycles. The first-order valence-corrected chi connectivity index (χ1v) is 27.0. The predicted octanol–water partition coefficient (Wildman–Crippen LogP) is 6.31. The summed E-state index contributed by atoms with van der Waals surface area (Å²) in [5.41, 5.74) is 15.2. The summed E-state index contributed by atoms with van der Waals surface area (Å²) < 4.78 is 12.1. The maximum Gasteiger partial charge on any atom is 0.243 e. The van der Waals surface area contributed by atoms with E-state index in [1.165, 1.54) is 4.90 Å². The molecule has 6 aromatic rings. The number of aryl methyl sites for hydroxylation is 2. The summed E-state index contributed by atoms with van der Waals surface area (Å²) in [5.74, 6) is 0.365. The lowest BCUT2D eigenvalue weighted by atomic mass is 9.91. The largest absolute Gasteiger partial charge is 0.507 e. The number of rotatable bonds is 18. The maximum atomic E-state index is 14.3. The summed E-state index contributed by atoms with van der Waals surface area (Å²) in [7, 11) is 0. The normalized spacial score (nSPS) is 21.1.